The van der Waals surface area contributed by atoms with Crippen LogP contribution in [0.25, 0.3) is 11.1 Å². The molecule has 1 amide bonds. The van der Waals surface area contributed by atoms with Crippen molar-refractivity contribution in [2.45, 2.75) is 45.6 Å². The molecule has 0 saturated carbocycles. The van der Waals surface area contributed by atoms with Gasteiger partial charge in [-0.25, -0.2) is 30.0 Å². The fraction of sp³-hybridized carbons (Fsp3) is 0.229. The number of amides is 1. The highest BCUT2D eigenvalue weighted by atomic mass is 35.5. The number of carbonyl (C=O) groups is 1. The molecule has 2 saturated heterocycles. The molecule has 20 heteroatoms. The van der Waals surface area contributed by atoms with E-state index in [1.165, 1.54) is 40.2 Å². The van der Waals surface area contributed by atoms with Crippen molar-refractivity contribution >= 4 is 58.8 Å². The van der Waals surface area contributed by atoms with Crippen LogP contribution in [-0.2, 0) is 36.4 Å². The summed E-state index contributed by atoms with van der Waals surface area (Å²) in [7, 11) is -15.0. The van der Waals surface area contributed by atoms with Gasteiger partial charge in [0.2, 0.25) is 10.0 Å². The molecule has 2 heterocycles. The van der Waals surface area contributed by atoms with Gasteiger partial charge in [0, 0.05) is 62.6 Å². The Hall–Kier alpha value is -5.96. The van der Waals surface area contributed by atoms with Crippen molar-refractivity contribution in [3.05, 3.63) is 162 Å². The summed E-state index contributed by atoms with van der Waals surface area (Å²) in [5.74, 6) is -0.878. The molecule has 0 aromatic heterocycles. The fourth-order valence-electron chi connectivity index (χ4n) is 8.14. The van der Waals surface area contributed by atoms with E-state index in [9.17, 15) is 43.2 Å². The standard InChI is InChI=1S/C48H45ClF3N5O8S3/c49-36-16-14-34(15-17-36)42-11-5-4-8-35(42)33-55-28-30-56(31-29-55)38-18-20-39(21-19-38)65-45-13-7-6-12-43(45)47(58)54-67(61,62)41-22-23-44(46(32-41)66(59,60)48(50,51)52)53-37-24-26-57(27-25-37)68(63,64)40-9-2-1-3-10-40/h1-23,32,37,53H,24-31,33H2,(H,54,58). The topological polar surface area (TPSA) is 162 Å². The average Bonchev–Trinajstić information content (AvgIpc) is 3.33. The first-order chi connectivity index (χ1) is 32.4. The Labute approximate surface area is 398 Å². The van der Waals surface area contributed by atoms with Gasteiger partial charge in [0.05, 0.1) is 21.0 Å². The number of ether oxygens (including phenoxy) is 1. The molecular weight excluding hydrogens is 963 g/mol. The van der Waals surface area contributed by atoms with E-state index in [1.54, 1.807) is 36.4 Å². The molecule has 6 aromatic rings. The van der Waals surface area contributed by atoms with Crippen LogP contribution < -0.4 is 19.7 Å². The van der Waals surface area contributed by atoms with Gasteiger partial charge in [-0.15, -0.1) is 0 Å². The van der Waals surface area contributed by atoms with E-state index < -0.39 is 62.8 Å². The number of hydrogen-bond donors (Lipinski definition) is 2. The van der Waals surface area contributed by atoms with Gasteiger partial charge in [-0.2, -0.15) is 17.5 Å². The number of benzene rings is 6. The number of anilines is 2. The van der Waals surface area contributed by atoms with Crippen LogP contribution in [-0.4, -0.2) is 91.2 Å². The second-order valence-electron chi connectivity index (χ2n) is 16.2. The van der Waals surface area contributed by atoms with Gasteiger partial charge in [0.25, 0.3) is 25.8 Å². The highest BCUT2D eigenvalue weighted by Gasteiger charge is 2.48. The van der Waals surface area contributed by atoms with Gasteiger partial charge in [0.1, 0.15) is 16.4 Å². The van der Waals surface area contributed by atoms with E-state index in [0.29, 0.717) is 16.8 Å². The summed E-state index contributed by atoms with van der Waals surface area (Å²) >= 11 is 6.12. The van der Waals surface area contributed by atoms with E-state index in [4.69, 9.17) is 16.3 Å². The minimum absolute atomic E-state index is 0.0206. The molecule has 13 nitrogen and oxygen atoms in total. The van der Waals surface area contributed by atoms with Crippen molar-refractivity contribution in [3.63, 3.8) is 0 Å². The first-order valence-corrected chi connectivity index (χ1v) is 26.2. The zero-order valence-corrected chi connectivity index (χ0v) is 39.3. The smallest absolute Gasteiger partial charge is 0.457 e. The summed E-state index contributed by atoms with van der Waals surface area (Å²) in [6, 6.07) is 38.1. The molecule has 2 fully saturated rings. The van der Waals surface area contributed by atoms with Gasteiger partial charge in [-0.05, 0) is 108 Å². The van der Waals surface area contributed by atoms with Crippen molar-refractivity contribution in [1.82, 2.24) is 13.9 Å². The monoisotopic (exact) mass is 1010 g/mol. The molecule has 0 atom stereocenters. The van der Waals surface area contributed by atoms with E-state index >= 15 is 0 Å². The number of nitrogens with zero attached hydrogens (tertiary/aromatic N) is 3. The summed E-state index contributed by atoms with van der Waals surface area (Å²) < 4.78 is 130. The lowest BCUT2D eigenvalue weighted by molar-refractivity contribution is -0.0436. The van der Waals surface area contributed by atoms with Crippen molar-refractivity contribution in [2.24, 2.45) is 0 Å². The maximum Gasteiger partial charge on any atom is 0.501 e. The van der Waals surface area contributed by atoms with E-state index in [0.717, 1.165) is 61.7 Å². The molecule has 356 valence electrons. The van der Waals surface area contributed by atoms with Gasteiger partial charge in [-0.3, -0.25) is 9.69 Å². The Morgan fingerprint density at radius 3 is 2.00 bits per heavy atom. The molecule has 68 heavy (non-hydrogen) atoms. The number of alkyl halides is 3. The Morgan fingerprint density at radius 1 is 0.691 bits per heavy atom. The molecular formula is C48H45ClF3N5O8S3. The van der Waals surface area contributed by atoms with Crippen LogP contribution in [0.2, 0.25) is 5.02 Å². The van der Waals surface area contributed by atoms with Crippen LogP contribution >= 0.6 is 11.6 Å². The molecule has 6 aromatic carbocycles. The maximum atomic E-state index is 14.0. The van der Waals surface area contributed by atoms with Crippen molar-refractivity contribution < 1.29 is 48.0 Å². The molecule has 2 aliphatic heterocycles. The molecule has 2 aliphatic rings. The van der Waals surface area contributed by atoms with Crippen LogP contribution in [0, 0.1) is 0 Å². The number of piperidine rings is 1. The summed E-state index contributed by atoms with van der Waals surface area (Å²) in [5, 5.41) is 3.43. The third kappa shape index (κ3) is 10.8. The molecule has 0 radical (unpaired) electrons. The lowest BCUT2D eigenvalue weighted by Crippen LogP contribution is -2.46. The average molecular weight is 1010 g/mol. The van der Waals surface area contributed by atoms with E-state index in [2.05, 4.69) is 27.2 Å². The number of hydrogen-bond acceptors (Lipinski definition) is 11. The quantitative estimate of drug-likeness (QED) is 0.107. The van der Waals surface area contributed by atoms with Crippen molar-refractivity contribution in [2.75, 3.05) is 49.5 Å². The lowest BCUT2D eigenvalue weighted by Gasteiger charge is -2.36. The molecule has 2 N–H and O–H groups in total. The third-order valence-corrected chi connectivity index (χ3v) is 16.8. The van der Waals surface area contributed by atoms with Gasteiger partial charge in [-0.1, -0.05) is 78.3 Å². The van der Waals surface area contributed by atoms with Crippen LogP contribution in [0.15, 0.2) is 160 Å². The zero-order chi connectivity index (χ0) is 48.3. The highest BCUT2D eigenvalue weighted by molar-refractivity contribution is 7.92. The number of carbonyl (C=O) groups excluding carboxylic acids is 1. The third-order valence-electron chi connectivity index (χ3n) is 11.8. The highest BCUT2D eigenvalue weighted by Crippen LogP contribution is 2.37. The van der Waals surface area contributed by atoms with E-state index in [1.807, 2.05) is 53.3 Å². The Morgan fingerprint density at radius 2 is 1.32 bits per heavy atom. The number of nitrogens with one attached hydrogen (secondary N) is 2. The number of sulfonamides is 2. The summed E-state index contributed by atoms with van der Waals surface area (Å²) in [5.41, 5.74) is -2.17. The minimum Gasteiger partial charge on any atom is -0.457 e. The predicted molar refractivity (Wildman–Crippen MR) is 254 cm³/mol. The largest absolute Gasteiger partial charge is 0.501 e. The number of piperazine rings is 1. The van der Waals surface area contributed by atoms with Gasteiger partial charge in [0.15, 0.2) is 0 Å². The van der Waals surface area contributed by atoms with Crippen LogP contribution in [0.1, 0.15) is 28.8 Å². The maximum absolute atomic E-state index is 14.0. The Bertz CT molecular complexity index is 3120. The van der Waals surface area contributed by atoms with E-state index in [-0.39, 0.29) is 42.1 Å². The molecule has 0 unspecified atom stereocenters. The van der Waals surface area contributed by atoms with Gasteiger partial charge < -0.3 is 15.0 Å². The normalized spacial score (nSPS) is 15.7. The number of para-hydroxylation sites is 1. The molecule has 0 spiro atoms. The van der Waals surface area contributed by atoms with Gasteiger partial charge >= 0.3 is 5.51 Å². The first kappa shape index (κ1) is 48.5. The zero-order valence-electron chi connectivity index (χ0n) is 36.1. The molecule has 0 bridgehead atoms. The Kier molecular flexibility index (Phi) is 14.2. The summed E-state index contributed by atoms with van der Waals surface area (Å²) in [6.07, 6.45) is 0.195. The number of rotatable bonds is 14. The van der Waals surface area contributed by atoms with Crippen molar-refractivity contribution in [1.29, 1.82) is 0 Å². The first-order valence-electron chi connectivity index (χ1n) is 21.4. The second-order valence-corrected chi connectivity index (χ2v) is 22.2. The molecule has 8 rings (SSSR count). The second kappa shape index (κ2) is 19.9. The predicted octanol–water partition coefficient (Wildman–Crippen LogP) is 8.80. The van der Waals surface area contributed by atoms with Crippen molar-refractivity contribution in [3.8, 4) is 22.6 Å². The van der Waals surface area contributed by atoms with Crippen LogP contribution in [0.5, 0.6) is 11.5 Å². The van der Waals surface area contributed by atoms with Crippen LogP contribution in [0.3, 0.4) is 0 Å². The fourth-order valence-corrected chi connectivity index (χ4v) is 11.8. The summed E-state index contributed by atoms with van der Waals surface area (Å²) in [4.78, 5) is 16.0. The number of halogens is 4. The van der Waals surface area contributed by atoms with Crippen LogP contribution in [0.4, 0.5) is 24.5 Å². The summed E-state index contributed by atoms with van der Waals surface area (Å²) in [6.45, 7) is 3.93. The minimum atomic E-state index is -6.14. The number of sulfone groups is 1. The Balaban J connectivity index is 0.910. The molecule has 0 aliphatic carbocycles. The lowest BCUT2D eigenvalue weighted by atomic mass is 9.99. The SMILES string of the molecule is O=C(NS(=O)(=O)c1ccc(NC2CCN(S(=O)(=O)c3ccccc3)CC2)c(S(=O)(=O)C(F)(F)F)c1)c1ccccc1Oc1ccc(N2CCN(Cc3ccccc3-c3ccc(Cl)cc3)CC2)cc1.